The third kappa shape index (κ3) is 3.79. The monoisotopic (exact) mass is 265 g/mol. The number of amides is 2. The lowest BCUT2D eigenvalue weighted by Gasteiger charge is -2.33. The zero-order valence-electron chi connectivity index (χ0n) is 9.25. The molecule has 0 saturated heterocycles. The first-order valence-corrected chi connectivity index (χ1v) is 5.97. The van der Waals surface area contributed by atoms with Crippen LogP contribution in [0.1, 0.15) is 19.3 Å². The number of aliphatic hydroxyl groups is 2. The Bertz CT molecular complexity index is 269. The van der Waals surface area contributed by atoms with E-state index in [2.05, 4.69) is 10.6 Å². The molecule has 98 valence electrons. The topological polar surface area (TPSA) is 102 Å². The molecule has 0 aliphatic heterocycles. The molecular weight excluding hydrogens is 250 g/mol. The molecular formula is C9H16ClN3O4. The van der Waals surface area contributed by atoms with Crippen LogP contribution in [-0.4, -0.2) is 51.9 Å². The van der Waals surface area contributed by atoms with Gasteiger partial charge >= 0.3 is 6.03 Å². The number of halogens is 1. The Hall–Kier alpha value is -0.920. The van der Waals surface area contributed by atoms with Crippen molar-refractivity contribution in [3.05, 3.63) is 4.91 Å². The van der Waals surface area contributed by atoms with Gasteiger partial charge in [-0.25, -0.2) is 4.79 Å². The fraction of sp³-hybridized carbons (Fsp3) is 0.889. The van der Waals surface area contributed by atoms with Crippen LogP contribution in [0.3, 0.4) is 0 Å². The van der Waals surface area contributed by atoms with Crippen LogP contribution in [-0.2, 0) is 0 Å². The van der Waals surface area contributed by atoms with E-state index >= 15 is 0 Å². The van der Waals surface area contributed by atoms with Crippen LogP contribution in [0.15, 0.2) is 5.29 Å². The van der Waals surface area contributed by atoms with Crippen molar-refractivity contribution < 1.29 is 15.0 Å². The second-order valence-electron chi connectivity index (χ2n) is 3.93. The van der Waals surface area contributed by atoms with Crippen LogP contribution < -0.4 is 5.32 Å². The maximum absolute atomic E-state index is 11.6. The molecule has 2 amide bonds. The van der Waals surface area contributed by atoms with Crippen LogP contribution in [0.5, 0.6) is 0 Å². The number of hydrogen-bond donors (Lipinski definition) is 3. The fourth-order valence-electron chi connectivity index (χ4n) is 1.82. The van der Waals surface area contributed by atoms with Crippen molar-refractivity contribution in [1.82, 2.24) is 10.3 Å². The Morgan fingerprint density at radius 2 is 2.00 bits per heavy atom. The van der Waals surface area contributed by atoms with Crippen molar-refractivity contribution >= 4 is 17.6 Å². The SMILES string of the molecule is O=NN(CCCl)C(=O)NC1[C@H](O)CCC[C@H]1O. The van der Waals surface area contributed by atoms with Crippen molar-refractivity contribution in [1.29, 1.82) is 0 Å². The van der Waals surface area contributed by atoms with Gasteiger partial charge in [-0.3, -0.25) is 0 Å². The molecule has 0 unspecified atom stereocenters. The van der Waals surface area contributed by atoms with Gasteiger partial charge in [-0.15, -0.1) is 16.5 Å². The first-order chi connectivity index (χ1) is 8.10. The Labute approximate surface area is 104 Å². The molecule has 0 aromatic carbocycles. The summed E-state index contributed by atoms with van der Waals surface area (Å²) in [4.78, 5) is 21.9. The predicted octanol–water partition coefficient (Wildman–Crippen LogP) is 0.192. The largest absolute Gasteiger partial charge is 0.391 e. The molecule has 3 N–H and O–H groups in total. The van der Waals surface area contributed by atoms with E-state index in [1.807, 2.05) is 0 Å². The highest BCUT2D eigenvalue weighted by Crippen LogP contribution is 2.19. The average Bonchev–Trinajstić information content (AvgIpc) is 2.30. The minimum atomic E-state index is -0.813. The van der Waals surface area contributed by atoms with Gasteiger partial charge in [0, 0.05) is 5.88 Å². The zero-order valence-corrected chi connectivity index (χ0v) is 10.0. The predicted molar refractivity (Wildman–Crippen MR) is 61.4 cm³/mol. The third-order valence-electron chi connectivity index (χ3n) is 2.75. The highest BCUT2D eigenvalue weighted by molar-refractivity contribution is 6.18. The number of alkyl halides is 1. The Morgan fingerprint density at radius 3 is 2.47 bits per heavy atom. The van der Waals surface area contributed by atoms with Crippen LogP contribution in [0, 0.1) is 4.91 Å². The molecule has 1 aliphatic rings. The van der Waals surface area contributed by atoms with Gasteiger partial charge in [0.15, 0.2) is 0 Å². The van der Waals surface area contributed by atoms with E-state index in [-0.39, 0.29) is 12.4 Å². The lowest BCUT2D eigenvalue weighted by molar-refractivity contribution is 0.00422. The van der Waals surface area contributed by atoms with Gasteiger partial charge in [0.25, 0.3) is 0 Å². The van der Waals surface area contributed by atoms with Gasteiger partial charge in [0.2, 0.25) is 0 Å². The summed E-state index contributed by atoms with van der Waals surface area (Å²) in [6.45, 7) is -0.0181. The molecule has 0 aromatic heterocycles. The number of carbonyl (C=O) groups excluding carboxylic acids is 1. The second-order valence-corrected chi connectivity index (χ2v) is 4.31. The summed E-state index contributed by atoms with van der Waals surface area (Å²) in [5.41, 5.74) is 0. The van der Waals surface area contributed by atoms with E-state index in [1.54, 1.807) is 0 Å². The van der Waals surface area contributed by atoms with Gasteiger partial charge in [0.1, 0.15) is 0 Å². The Kier molecular flexibility index (Phi) is 5.60. The van der Waals surface area contributed by atoms with Crippen LogP contribution in [0.25, 0.3) is 0 Å². The van der Waals surface area contributed by atoms with Gasteiger partial charge in [-0.2, -0.15) is 5.01 Å². The molecule has 0 radical (unpaired) electrons. The van der Waals surface area contributed by atoms with Crippen LogP contribution in [0.4, 0.5) is 4.79 Å². The lowest BCUT2D eigenvalue weighted by atomic mass is 9.90. The summed E-state index contributed by atoms with van der Waals surface area (Å²) < 4.78 is 0. The highest BCUT2D eigenvalue weighted by Gasteiger charge is 2.33. The minimum absolute atomic E-state index is 0.0181. The molecule has 0 bridgehead atoms. The van der Waals surface area contributed by atoms with Crippen molar-refractivity contribution in [3.63, 3.8) is 0 Å². The molecule has 0 spiro atoms. The molecule has 0 aromatic rings. The van der Waals surface area contributed by atoms with Crippen molar-refractivity contribution in [3.8, 4) is 0 Å². The number of urea groups is 1. The number of hydrogen-bond acceptors (Lipinski definition) is 5. The van der Waals surface area contributed by atoms with E-state index in [0.29, 0.717) is 24.3 Å². The fourth-order valence-corrected chi connectivity index (χ4v) is 1.98. The Morgan fingerprint density at radius 1 is 1.41 bits per heavy atom. The van der Waals surface area contributed by atoms with E-state index in [0.717, 1.165) is 0 Å². The van der Waals surface area contributed by atoms with Crippen LogP contribution >= 0.6 is 11.6 Å². The minimum Gasteiger partial charge on any atom is -0.391 e. The number of aliphatic hydroxyl groups excluding tert-OH is 2. The van der Waals surface area contributed by atoms with E-state index in [9.17, 15) is 19.9 Å². The maximum Gasteiger partial charge on any atom is 0.340 e. The number of nitrogens with zero attached hydrogens (tertiary/aromatic N) is 2. The smallest absolute Gasteiger partial charge is 0.340 e. The van der Waals surface area contributed by atoms with Crippen molar-refractivity contribution in [2.24, 2.45) is 5.29 Å². The molecule has 17 heavy (non-hydrogen) atoms. The summed E-state index contributed by atoms with van der Waals surface area (Å²) in [5.74, 6) is 0.0783. The summed E-state index contributed by atoms with van der Waals surface area (Å²) in [7, 11) is 0. The van der Waals surface area contributed by atoms with Crippen molar-refractivity contribution in [2.75, 3.05) is 12.4 Å². The molecule has 8 heteroatoms. The van der Waals surface area contributed by atoms with Gasteiger partial charge in [0.05, 0.1) is 30.1 Å². The average molecular weight is 266 g/mol. The molecule has 1 aliphatic carbocycles. The standard InChI is InChI=1S/C9H16ClN3O4/c10-4-5-13(12-17)9(16)11-8-6(14)2-1-3-7(8)15/h6-8,14-15H,1-5H2,(H,11,16)/t6-,7-/m1/s1. The highest BCUT2D eigenvalue weighted by atomic mass is 35.5. The van der Waals surface area contributed by atoms with E-state index < -0.39 is 24.3 Å². The first-order valence-electron chi connectivity index (χ1n) is 5.43. The van der Waals surface area contributed by atoms with Crippen LogP contribution in [0.2, 0.25) is 0 Å². The quantitative estimate of drug-likeness (QED) is 0.384. The number of carbonyl (C=O) groups is 1. The number of nitrogens with one attached hydrogen (secondary N) is 1. The normalized spacial score (nSPS) is 25.4. The molecule has 1 rings (SSSR count). The number of rotatable bonds is 4. The molecule has 2 atom stereocenters. The molecule has 1 fully saturated rings. The van der Waals surface area contributed by atoms with E-state index in [4.69, 9.17) is 11.6 Å². The Balaban J connectivity index is 2.56. The second kappa shape index (κ2) is 6.73. The summed E-state index contributed by atoms with van der Waals surface area (Å²) >= 11 is 5.40. The molecule has 1 saturated carbocycles. The molecule has 0 heterocycles. The van der Waals surface area contributed by atoms with E-state index in [1.165, 1.54) is 0 Å². The summed E-state index contributed by atoms with van der Waals surface area (Å²) in [6, 6.07) is -1.53. The number of nitroso groups, excluding NO2 is 1. The van der Waals surface area contributed by atoms with Gasteiger partial charge < -0.3 is 15.5 Å². The lowest BCUT2D eigenvalue weighted by Crippen LogP contribution is -2.55. The maximum atomic E-state index is 11.6. The summed E-state index contributed by atoms with van der Waals surface area (Å²) in [5, 5.41) is 24.8. The first kappa shape index (κ1) is 14.1. The third-order valence-corrected chi connectivity index (χ3v) is 2.92. The summed E-state index contributed by atoms with van der Waals surface area (Å²) in [6.07, 6.45) is 0.0868. The molecule has 7 nitrogen and oxygen atoms in total. The zero-order chi connectivity index (χ0) is 12.8. The van der Waals surface area contributed by atoms with Crippen molar-refractivity contribution in [2.45, 2.75) is 37.5 Å². The van der Waals surface area contributed by atoms with Gasteiger partial charge in [-0.05, 0) is 19.3 Å². The van der Waals surface area contributed by atoms with Gasteiger partial charge in [-0.1, -0.05) is 0 Å².